The first-order chi connectivity index (χ1) is 9.18. The van der Waals surface area contributed by atoms with Gasteiger partial charge in [-0.25, -0.2) is 4.98 Å². The van der Waals surface area contributed by atoms with Crippen LogP contribution in [0.4, 0.5) is 5.13 Å². The highest BCUT2D eigenvalue weighted by Gasteiger charge is 2.28. The average molecular weight is 286 g/mol. The van der Waals surface area contributed by atoms with Gasteiger partial charge in [0.1, 0.15) is 5.60 Å². The molecule has 108 valence electrons. The molecule has 2 heterocycles. The Kier molecular flexibility index (Phi) is 5.53. The molecule has 0 aromatic carbocycles. The van der Waals surface area contributed by atoms with Gasteiger partial charge in [-0.3, -0.25) is 0 Å². The van der Waals surface area contributed by atoms with Crippen LogP contribution in [0.5, 0.6) is 0 Å². The van der Waals surface area contributed by atoms with Crippen molar-refractivity contribution in [2.45, 2.75) is 18.4 Å². The van der Waals surface area contributed by atoms with Crippen molar-refractivity contribution in [3.05, 3.63) is 11.1 Å². The molecule has 0 amide bonds. The van der Waals surface area contributed by atoms with E-state index in [9.17, 15) is 5.11 Å². The van der Waals surface area contributed by atoms with Crippen molar-refractivity contribution in [1.82, 2.24) is 15.6 Å². The van der Waals surface area contributed by atoms with E-state index >= 15 is 0 Å². The van der Waals surface area contributed by atoms with Gasteiger partial charge in [0, 0.05) is 25.0 Å². The summed E-state index contributed by atoms with van der Waals surface area (Å²) in [5, 5.41) is 19.4. The van der Waals surface area contributed by atoms with Crippen LogP contribution in [0.25, 0.3) is 0 Å². The van der Waals surface area contributed by atoms with Crippen LogP contribution in [0.3, 0.4) is 0 Å². The third-order valence-corrected chi connectivity index (χ3v) is 3.78. The maximum atomic E-state index is 10.3. The first-order valence-electron chi connectivity index (χ1n) is 6.59. The Morgan fingerprint density at radius 2 is 2.53 bits per heavy atom. The molecule has 5 N–H and O–H groups in total. The molecule has 19 heavy (non-hydrogen) atoms. The van der Waals surface area contributed by atoms with E-state index in [-0.39, 0.29) is 0 Å². The van der Waals surface area contributed by atoms with Crippen LogP contribution in [-0.4, -0.2) is 55.1 Å². The fourth-order valence-corrected chi connectivity index (χ4v) is 2.64. The molecule has 0 saturated carbocycles. The summed E-state index contributed by atoms with van der Waals surface area (Å²) in [6.07, 6.45) is 1.89. The maximum absolute atomic E-state index is 10.3. The standard InChI is InChI=1S/C12H22N4O2S/c13-11-16-10(6-19-11)2-1-3-14-7-12(17)8-15-4-5-18-9-12/h6,14-15,17H,1-5,7-9H2,(H2,13,16). The minimum absolute atomic E-state index is 0.385. The average Bonchev–Trinajstić information content (AvgIpc) is 2.67. The number of nitrogens with two attached hydrogens (primary N) is 1. The van der Waals surface area contributed by atoms with E-state index in [0.29, 0.717) is 31.4 Å². The van der Waals surface area contributed by atoms with E-state index in [2.05, 4.69) is 15.6 Å². The molecule has 0 spiro atoms. The van der Waals surface area contributed by atoms with Gasteiger partial charge in [0.15, 0.2) is 5.13 Å². The molecule has 0 radical (unpaired) electrons. The molecular weight excluding hydrogens is 264 g/mol. The molecule has 0 aliphatic carbocycles. The number of nitrogen functional groups attached to an aromatic ring is 1. The number of nitrogens with zero attached hydrogens (tertiary/aromatic N) is 1. The van der Waals surface area contributed by atoms with Gasteiger partial charge in [-0.1, -0.05) is 0 Å². The minimum atomic E-state index is -0.804. The second-order valence-electron chi connectivity index (χ2n) is 4.91. The number of nitrogens with one attached hydrogen (secondary N) is 2. The summed E-state index contributed by atoms with van der Waals surface area (Å²) in [7, 11) is 0. The monoisotopic (exact) mass is 286 g/mol. The lowest BCUT2D eigenvalue weighted by molar-refractivity contribution is -0.0261. The van der Waals surface area contributed by atoms with Gasteiger partial charge < -0.3 is 26.2 Å². The summed E-state index contributed by atoms with van der Waals surface area (Å²) in [6.45, 7) is 3.80. The Bertz CT molecular complexity index is 378. The van der Waals surface area contributed by atoms with E-state index < -0.39 is 5.60 Å². The van der Waals surface area contributed by atoms with E-state index in [4.69, 9.17) is 10.5 Å². The molecule has 1 unspecified atom stereocenters. The predicted octanol–water partition coefficient (Wildman–Crippen LogP) is -0.402. The predicted molar refractivity (Wildman–Crippen MR) is 76.4 cm³/mol. The fourth-order valence-electron chi connectivity index (χ4n) is 2.05. The Morgan fingerprint density at radius 1 is 1.63 bits per heavy atom. The summed E-state index contributed by atoms with van der Waals surface area (Å²) >= 11 is 1.47. The number of β-amino-alcohol motifs (C(OH)–C–C–N with tert-alkyl or cyclic N) is 1. The highest BCUT2D eigenvalue weighted by molar-refractivity contribution is 7.13. The van der Waals surface area contributed by atoms with Crippen molar-refractivity contribution in [2.24, 2.45) is 0 Å². The molecule has 1 aliphatic rings. The van der Waals surface area contributed by atoms with Gasteiger partial charge in [-0.2, -0.15) is 0 Å². The molecule has 0 bridgehead atoms. The minimum Gasteiger partial charge on any atom is -0.385 e. The molecule has 1 aromatic heterocycles. The Hall–Kier alpha value is -0.730. The quantitative estimate of drug-likeness (QED) is 0.532. The number of thiazole rings is 1. The topological polar surface area (TPSA) is 92.4 Å². The molecule has 1 aliphatic heterocycles. The van der Waals surface area contributed by atoms with Crippen LogP contribution < -0.4 is 16.4 Å². The van der Waals surface area contributed by atoms with Crippen molar-refractivity contribution in [3.8, 4) is 0 Å². The van der Waals surface area contributed by atoms with Crippen molar-refractivity contribution < 1.29 is 9.84 Å². The highest BCUT2D eigenvalue weighted by atomic mass is 32.1. The number of hydrogen-bond acceptors (Lipinski definition) is 7. The summed E-state index contributed by atoms with van der Waals surface area (Å²) < 4.78 is 5.36. The summed E-state index contributed by atoms with van der Waals surface area (Å²) in [6, 6.07) is 0. The van der Waals surface area contributed by atoms with Gasteiger partial charge in [0.05, 0.1) is 18.9 Å². The van der Waals surface area contributed by atoms with Crippen molar-refractivity contribution in [1.29, 1.82) is 0 Å². The Morgan fingerprint density at radius 3 is 3.32 bits per heavy atom. The second kappa shape index (κ2) is 7.16. The SMILES string of the molecule is Nc1nc(CCCNCC2(O)CNCCOC2)cs1. The lowest BCUT2D eigenvalue weighted by Gasteiger charge is -2.26. The summed E-state index contributed by atoms with van der Waals surface area (Å²) in [5.41, 5.74) is 5.82. The van der Waals surface area contributed by atoms with E-state index in [1.54, 1.807) is 0 Å². The number of hydrogen-bond donors (Lipinski definition) is 4. The molecule has 6 nitrogen and oxygen atoms in total. The van der Waals surface area contributed by atoms with E-state index in [1.165, 1.54) is 11.3 Å². The molecule has 1 aromatic rings. The lowest BCUT2D eigenvalue weighted by atomic mass is 10.1. The van der Waals surface area contributed by atoms with Crippen LogP contribution in [-0.2, 0) is 11.2 Å². The van der Waals surface area contributed by atoms with Gasteiger partial charge in [0.2, 0.25) is 0 Å². The van der Waals surface area contributed by atoms with Gasteiger partial charge in [-0.05, 0) is 19.4 Å². The third-order valence-electron chi connectivity index (χ3n) is 3.06. The Balaban J connectivity index is 1.60. The summed E-state index contributed by atoms with van der Waals surface area (Å²) in [4.78, 5) is 4.21. The molecule has 1 saturated heterocycles. The smallest absolute Gasteiger partial charge is 0.180 e. The zero-order valence-electron chi connectivity index (χ0n) is 11.0. The second-order valence-corrected chi connectivity index (χ2v) is 5.80. The number of aromatic nitrogens is 1. The zero-order chi connectivity index (χ0) is 13.6. The van der Waals surface area contributed by atoms with Crippen LogP contribution in [0, 0.1) is 0 Å². The van der Waals surface area contributed by atoms with Crippen LogP contribution in [0.2, 0.25) is 0 Å². The maximum Gasteiger partial charge on any atom is 0.180 e. The largest absolute Gasteiger partial charge is 0.385 e. The normalized spacial score (nSPS) is 24.3. The first-order valence-corrected chi connectivity index (χ1v) is 7.47. The Labute approximate surface area is 117 Å². The zero-order valence-corrected chi connectivity index (χ0v) is 11.8. The lowest BCUT2D eigenvalue weighted by Crippen LogP contribution is -2.50. The van der Waals surface area contributed by atoms with E-state index in [0.717, 1.165) is 31.6 Å². The van der Waals surface area contributed by atoms with Crippen LogP contribution in [0.15, 0.2) is 5.38 Å². The number of aryl methyl sites for hydroxylation is 1. The number of anilines is 1. The molecule has 7 heteroatoms. The number of ether oxygens (including phenoxy) is 1. The molecule has 2 rings (SSSR count). The highest BCUT2D eigenvalue weighted by Crippen LogP contribution is 2.12. The van der Waals surface area contributed by atoms with Gasteiger partial charge in [0.25, 0.3) is 0 Å². The molecular formula is C12H22N4O2S. The molecule has 1 atom stereocenters. The number of rotatable bonds is 6. The van der Waals surface area contributed by atoms with Crippen molar-refractivity contribution in [3.63, 3.8) is 0 Å². The summed E-state index contributed by atoms with van der Waals surface area (Å²) in [5.74, 6) is 0. The van der Waals surface area contributed by atoms with Crippen molar-refractivity contribution >= 4 is 16.5 Å². The van der Waals surface area contributed by atoms with Gasteiger partial charge in [-0.15, -0.1) is 11.3 Å². The van der Waals surface area contributed by atoms with Gasteiger partial charge >= 0.3 is 0 Å². The van der Waals surface area contributed by atoms with E-state index in [1.807, 2.05) is 5.38 Å². The first kappa shape index (κ1) is 14.7. The fraction of sp³-hybridized carbons (Fsp3) is 0.750. The van der Waals surface area contributed by atoms with Crippen LogP contribution >= 0.6 is 11.3 Å². The van der Waals surface area contributed by atoms with Crippen molar-refractivity contribution in [2.75, 3.05) is 45.1 Å². The third kappa shape index (κ3) is 5.04. The van der Waals surface area contributed by atoms with Crippen LogP contribution in [0.1, 0.15) is 12.1 Å². The number of aliphatic hydroxyl groups is 1. The molecule has 1 fully saturated rings.